The Morgan fingerprint density at radius 2 is 1.14 bits per heavy atom. The molecule has 1 N–H and O–H groups in total. The third-order valence-corrected chi connectivity index (χ3v) is 6.22. The van der Waals surface area contributed by atoms with Crippen molar-refractivity contribution in [3.8, 4) is 0 Å². The predicted octanol–water partition coefficient (Wildman–Crippen LogP) is 3.39. The van der Waals surface area contributed by atoms with Crippen LogP contribution in [0, 0.1) is 0 Å². The lowest BCUT2D eigenvalue weighted by Gasteiger charge is -2.27. The molecule has 0 aromatic carbocycles. The summed E-state index contributed by atoms with van der Waals surface area (Å²) in [4.78, 5) is 33.9. The van der Waals surface area contributed by atoms with Gasteiger partial charge in [-0.2, -0.15) is 11.8 Å². The molecule has 1 fully saturated rings. The fourth-order valence-corrected chi connectivity index (χ4v) is 3.91. The summed E-state index contributed by atoms with van der Waals surface area (Å²) in [6.07, 6.45) is 6.35. The van der Waals surface area contributed by atoms with Crippen molar-refractivity contribution in [1.82, 2.24) is 5.32 Å². The predicted molar refractivity (Wildman–Crippen MR) is 140 cm³/mol. The highest BCUT2D eigenvalue weighted by Gasteiger charge is 2.22. The van der Waals surface area contributed by atoms with Crippen LogP contribution in [-0.2, 0) is 38.0 Å². The summed E-state index contributed by atoms with van der Waals surface area (Å²) in [5.41, 5.74) is 0. The van der Waals surface area contributed by atoms with Gasteiger partial charge in [-0.1, -0.05) is 13.8 Å². The second-order valence-corrected chi connectivity index (χ2v) is 9.00. The van der Waals surface area contributed by atoms with E-state index in [1.807, 2.05) is 25.6 Å². The SMILES string of the molecule is CC.CSC1CCC(NC(=O)OCCOCCOCCOCCOCCOC(=O)CCC(C)=O)CC1. The van der Waals surface area contributed by atoms with Gasteiger partial charge in [0.25, 0.3) is 0 Å². The van der Waals surface area contributed by atoms with Crippen LogP contribution in [0.25, 0.3) is 0 Å². The Kier molecular flexibility index (Phi) is 24.3. The molecule has 0 aromatic heterocycles. The van der Waals surface area contributed by atoms with Crippen LogP contribution in [0.2, 0.25) is 0 Å². The number of nitrogens with one attached hydrogen (secondary N) is 1. The zero-order chi connectivity index (χ0) is 26.9. The lowest BCUT2D eigenvalue weighted by Crippen LogP contribution is -2.38. The number of carbonyl (C=O) groups excluding carboxylic acids is 3. The minimum Gasteiger partial charge on any atom is -0.463 e. The van der Waals surface area contributed by atoms with E-state index < -0.39 is 5.97 Å². The van der Waals surface area contributed by atoms with E-state index in [2.05, 4.69) is 11.6 Å². The maximum atomic E-state index is 11.8. The van der Waals surface area contributed by atoms with Gasteiger partial charge >= 0.3 is 12.1 Å². The van der Waals surface area contributed by atoms with Gasteiger partial charge in [-0.3, -0.25) is 4.79 Å². The first-order chi connectivity index (χ1) is 17.5. The molecule has 1 rings (SSSR count). The van der Waals surface area contributed by atoms with Gasteiger partial charge < -0.3 is 38.5 Å². The fourth-order valence-electron chi connectivity index (χ4n) is 3.17. The number of Topliss-reactive ketones (excluding diaryl/α,β-unsaturated/α-hetero) is 1. The first-order valence-corrected chi connectivity index (χ1v) is 14.2. The Hall–Kier alpha value is -1.40. The number of carbonyl (C=O) groups is 3. The first kappa shape index (κ1) is 34.6. The molecule has 1 aliphatic rings. The topological polar surface area (TPSA) is 119 Å². The van der Waals surface area contributed by atoms with E-state index in [1.165, 1.54) is 6.92 Å². The Balaban J connectivity index is 0.00000596. The van der Waals surface area contributed by atoms with Crippen LogP contribution in [0.3, 0.4) is 0 Å². The number of rotatable bonds is 20. The van der Waals surface area contributed by atoms with Crippen LogP contribution in [0.1, 0.15) is 59.3 Å². The molecule has 0 unspecified atom stereocenters. The molecule has 36 heavy (non-hydrogen) atoms. The van der Waals surface area contributed by atoms with Crippen LogP contribution in [0.15, 0.2) is 0 Å². The molecule has 1 aliphatic carbocycles. The molecule has 0 spiro atoms. The largest absolute Gasteiger partial charge is 0.463 e. The molecule has 0 atom stereocenters. The van der Waals surface area contributed by atoms with E-state index in [0.717, 1.165) is 25.7 Å². The van der Waals surface area contributed by atoms with Crippen molar-refractivity contribution in [3.05, 3.63) is 0 Å². The number of hydrogen-bond donors (Lipinski definition) is 1. The number of esters is 1. The van der Waals surface area contributed by atoms with Crippen molar-refractivity contribution in [1.29, 1.82) is 0 Å². The van der Waals surface area contributed by atoms with Crippen LogP contribution in [-0.4, -0.2) is 101 Å². The zero-order valence-electron chi connectivity index (χ0n) is 22.6. The van der Waals surface area contributed by atoms with E-state index in [-0.39, 0.29) is 50.6 Å². The average molecular weight is 538 g/mol. The van der Waals surface area contributed by atoms with Gasteiger partial charge in [0.05, 0.1) is 59.3 Å². The smallest absolute Gasteiger partial charge is 0.407 e. The maximum absolute atomic E-state index is 11.8. The molecule has 0 saturated heterocycles. The Bertz CT molecular complexity index is 558. The number of alkyl carbamates (subject to hydrolysis) is 1. The summed E-state index contributed by atoms with van der Waals surface area (Å²) in [7, 11) is 0. The van der Waals surface area contributed by atoms with Crippen LogP contribution < -0.4 is 5.32 Å². The van der Waals surface area contributed by atoms with Crippen molar-refractivity contribution in [3.63, 3.8) is 0 Å². The number of hydrogen-bond acceptors (Lipinski definition) is 10. The summed E-state index contributed by atoms with van der Waals surface area (Å²) in [5.74, 6) is -0.431. The second-order valence-electron chi connectivity index (χ2n) is 7.86. The third kappa shape index (κ3) is 21.8. The minimum absolute atomic E-state index is 0.0355. The molecular formula is C25H47NO9S. The summed E-state index contributed by atoms with van der Waals surface area (Å²) < 4.78 is 31.5. The van der Waals surface area contributed by atoms with Crippen LogP contribution in [0.5, 0.6) is 0 Å². The lowest BCUT2D eigenvalue weighted by atomic mass is 9.95. The molecule has 11 heteroatoms. The fraction of sp³-hybridized carbons (Fsp3) is 0.880. The normalized spacial score (nSPS) is 17.0. The van der Waals surface area contributed by atoms with Gasteiger partial charge in [-0.25, -0.2) is 4.79 Å². The number of amides is 1. The summed E-state index contributed by atoms with van der Waals surface area (Å²) >= 11 is 1.90. The van der Waals surface area contributed by atoms with Crippen molar-refractivity contribution in [2.45, 2.75) is 70.6 Å². The van der Waals surface area contributed by atoms with Crippen molar-refractivity contribution in [2.24, 2.45) is 0 Å². The standard InChI is InChI=1S/C23H41NO9S.C2H6/c1-19(25)3-8-22(26)32-17-15-30-13-11-28-9-10-29-12-14-31-16-18-33-23(27)24-20-4-6-21(34-2)7-5-20;1-2/h20-21H,3-18H2,1-2H3,(H,24,27);1-2H3. The third-order valence-electron chi connectivity index (χ3n) is 5.08. The van der Waals surface area contributed by atoms with Gasteiger partial charge in [0.1, 0.15) is 19.0 Å². The second kappa shape index (κ2) is 25.3. The molecule has 0 heterocycles. The Morgan fingerprint density at radius 3 is 1.58 bits per heavy atom. The highest BCUT2D eigenvalue weighted by Crippen LogP contribution is 2.26. The van der Waals surface area contributed by atoms with Crippen molar-refractivity contribution >= 4 is 29.6 Å². The maximum Gasteiger partial charge on any atom is 0.407 e. The van der Waals surface area contributed by atoms with Crippen molar-refractivity contribution < 1.29 is 42.8 Å². The van der Waals surface area contributed by atoms with Gasteiger partial charge in [0, 0.05) is 17.7 Å². The van der Waals surface area contributed by atoms with E-state index in [9.17, 15) is 14.4 Å². The van der Waals surface area contributed by atoms with Gasteiger partial charge in [0.15, 0.2) is 0 Å². The molecule has 1 saturated carbocycles. The molecule has 0 bridgehead atoms. The monoisotopic (exact) mass is 537 g/mol. The van der Waals surface area contributed by atoms with Gasteiger partial charge in [-0.15, -0.1) is 0 Å². The van der Waals surface area contributed by atoms with Crippen LogP contribution >= 0.6 is 11.8 Å². The van der Waals surface area contributed by atoms with E-state index in [0.29, 0.717) is 51.5 Å². The Labute approximate surface area is 220 Å². The highest BCUT2D eigenvalue weighted by atomic mass is 32.2. The van der Waals surface area contributed by atoms with E-state index in [4.69, 9.17) is 28.4 Å². The number of thioether (sulfide) groups is 1. The number of ketones is 1. The quantitative estimate of drug-likeness (QED) is 0.183. The molecule has 0 radical (unpaired) electrons. The summed E-state index contributed by atoms with van der Waals surface area (Å²) in [6.45, 7) is 8.95. The zero-order valence-corrected chi connectivity index (χ0v) is 23.4. The summed E-state index contributed by atoms with van der Waals surface area (Å²) in [6, 6.07) is 0.216. The summed E-state index contributed by atoms with van der Waals surface area (Å²) in [5, 5.41) is 3.64. The highest BCUT2D eigenvalue weighted by molar-refractivity contribution is 7.99. The van der Waals surface area contributed by atoms with Crippen molar-refractivity contribution in [2.75, 3.05) is 72.3 Å². The minimum atomic E-state index is -0.395. The molecule has 212 valence electrons. The lowest BCUT2D eigenvalue weighted by molar-refractivity contribution is -0.146. The molecule has 0 aromatic rings. The van der Waals surface area contributed by atoms with Crippen LogP contribution in [0.4, 0.5) is 4.79 Å². The Morgan fingerprint density at radius 1 is 0.694 bits per heavy atom. The molecular weight excluding hydrogens is 490 g/mol. The van der Waals surface area contributed by atoms with E-state index >= 15 is 0 Å². The first-order valence-electron chi connectivity index (χ1n) is 12.9. The molecule has 10 nitrogen and oxygen atoms in total. The molecule has 0 aliphatic heterocycles. The average Bonchev–Trinajstić information content (AvgIpc) is 2.88. The van der Waals surface area contributed by atoms with Gasteiger partial charge in [-0.05, 0) is 38.9 Å². The van der Waals surface area contributed by atoms with E-state index in [1.54, 1.807) is 0 Å². The molecule has 1 amide bonds. The number of ether oxygens (including phenoxy) is 6. The van der Waals surface area contributed by atoms with Gasteiger partial charge in [0.2, 0.25) is 0 Å².